The van der Waals surface area contributed by atoms with Crippen LogP contribution < -0.4 is 5.32 Å². The SMILES string of the molecule is O=C(CSCc1ccc(F)cc1)Nc1ccc(S(=O)(=O)N2CCCCC2)cc1. The van der Waals surface area contributed by atoms with Gasteiger partial charge in [-0.25, -0.2) is 12.8 Å². The average Bonchev–Trinajstić information content (AvgIpc) is 2.70. The topological polar surface area (TPSA) is 66.5 Å². The van der Waals surface area contributed by atoms with Crippen LogP contribution in [0.3, 0.4) is 0 Å². The van der Waals surface area contributed by atoms with Gasteiger partial charge in [0.25, 0.3) is 0 Å². The van der Waals surface area contributed by atoms with E-state index in [4.69, 9.17) is 0 Å². The van der Waals surface area contributed by atoms with Crippen molar-refractivity contribution in [3.05, 3.63) is 59.9 Å². The quantitative estimate of drug-likeness (QED) is 0.736. The second-order valence-electron chi connectivity index (χ2n) is 6.66. The Morgan fingerprint density at radius 3 is 2.29 bits per heavy atom. The van der Waals surface area contributed by atoms with Crippen molar-refractivity contribution in [3.63, 3.8) is 0 Å². The summed E-state index contributed by atoms with van der Waals surface area (Å²) in [5.41, 5.74) is 1.51. The Hall–Kier alpha value is -1.90. The highest BCUT2D eigenvalue weighted by atomic mass is 32.2. The molecule has 5 nitrogen and oxygen atoms in total. The van der Waals surface area contributed by atoms with Gasteiger partial charge < -0.3 is 5.32 Å². The highest BCUT2D eigenvalue weighted by Gasteiger charge is 2.25. The summed E-state index contributed by atoms with van der Waals surface area (Å²) in [6.07, 6.45) is 2.85. The van der Waals surface area contributed by atoms with Crippen molar-refractivity contribution in [1.29, 1.82) is 0 Å². The molecule has 2 aromatic carbocycles. The van der Waals surface area contributed by atoms with Crippen LogP contribution >= 0.6 is 11.8 Å². The number of sulfonamides is 1. The lowest BCUT2D eigenvalue weighted by molar-refractivity contribution is -0.113. The number of halogens is 1. The molecule has 0 saturated carbocycles. The molecular weight excluding hydrogens is 399 g/mol. The number of nitrogens with zero attached hydrogens (tertiary/aromatic N) is 1. The van der Waals surface area contributed by atoms with Crippen LogP contribution in [-0.2, 0) is 20.6 Å². The number of rotatable bonds is 7. The Morgan fingerprint density at radius 1 is 1.00 bits per heavy atom. The molecule has 1 N–H and O–H groups in total. The van der Waals surface area contributed by atoms with Gasteiger partial charge in [0.15, 0.2) is 0 Å². The van der Waals surface area contributed by atoms with Gasteiger partial charge in [0.05, 0.1) is 10.6 Å². The number of hydrogen-bond donors (Lipinski definition) is 1. The summed E-state index contributed by atoms with van der Waals surface area (Å²) in [5.74, 6) is 0.419. The zero-order chi connectivity index (χ0) is 20.0. The van der Waals surface area contributed by atoms with Gasteiger partial charge in [-0.15, -0.1) is 11.8 Å². The van der Waals surface area contributed by atoms with Gasteiger partial charge in [-0.3, -0.25) is 4.79 Å². The van der Waals surface area contributed by atoms with E-state index in [-0.39, 0.29) is 22.4 Å². The van der Waals surface area contributed by atoms with Crippen LogP contribution in [0.5, 0.6) is 0 Å². The summed E-state index contributed by atoms with van der Waals surface area (Å²) in [4.78, 5) is 12.3. The van der Waals surface area contributed by atoms with Crippen molar-refractivity contribution in [2.45, 2.75) is 29.9 Å². The van der Waals surface area contributed by atoms with Crippen molar-refractivity contribution in [3.8, 4) is 0 Å². The van der Waals surface area contributed by atoms with Crippen molar-refractivity contribution in [1.82, 2.24) is 4.31 Å². The third kappa shape index (κ3) is 5.56. The van der Waals surface area contributed by atoms with Crippen molar-refractivity contribution < 1.29 is 17.6 Å². The van der Waals surface area contributed by atoms with E-state index in [9.17, 15) is 17.6 Å². The number of carbonyl (C=O) groups excluding carboxylic acids is 1. The molecular formula is C20H23FN2O3S2. The smallest absolute Gasteiger partial charge is 0.243 e. The van der Waals surface area contributed by atoms with Crippen LogP contribution in [0.25, 0.3) is 0 Å². The van der Waals surface area contributed by atoms with E-state index in [1.165, 1.54) is 40.3 Å². The molecule has 0 atom stereocenters. The van der Waals surface area contributed by atoms with Crippen LogP contribution in [0, 0.1) is 5.82 Å². The molecule has 0 radical (unpaired) electrons. The number of thioether (sulfide) groups is 1. The van der Waals surface area contributed by atoms with Gasteiger partial charge in [0, 0.05) is 24.5 Å². The Morgan fingerprint density at radius 2 is 1.64 bits per heavy atom. The van der Waals surface area contributed by atoms with E-state index >= 15 is 0 Å². The van der Waals surface area contributed by atoms with Gasteiger partial charge in [-0.1, -0.05) is 18.6 Å². The number of nitrogens with one attached hydrogen (secondary N) is 1. The van der Waals surface area contributed by atoms with Crippen molar-refractivity contribution >= 4 is 33.4 Å². The maximum Gasteiger partial charge on any atom is 0.243 e. The van der Waals surface area contributed by atoms with Crippen LogP contribution in [0.4, 0.5) is 10.1 Å². The van der Waals surface area contributed by atoms with E-state index in [1.54, 1.807) is 24.3 Å². The Balaban J connectivity index is 1.50. The fraction of sp³-hybridized carbons (Fsp3) is 0.350. The average molecular weight is 423 g/mol. The summed E-state index contributed by atoms with van der Waals surface area (Å²) < 4.78 is 39.7. The van der Waals surface area contributed by atoms with E-state index in [0.717, 1.165) is 24.8 Å². The largest absolute Gasteiger partial charge is 0.325 e. The lowest BCUT2D eigenvalue weighted by Gasteiger charge is -2.25. The normalized spacial score (nSPS) is 15.3. The molecule has 150 valence electrons. The zero-order valence-electron chi connectivity index (χ0n) is 15.4. The van der Waals surface area contributed by atoms with E-state index < -0.39 is 10.0 Å². The molecule has 28 heavy (non-hydrogen) atoms. The number of hydrogen-bond acceptors (Lipinski definition) is 4. The first-order valence-electron chi connectivity index (χ1n) is 9.17. The molecule has 8 heteroatoms. The number of anilines is 1. The van der Waals surface area contributed by atoms with Gasteiger partial charge in [-0.2, -0.15) is 4.31 Å². The third-order valence-corrected chi connectivity index (χ3v) is 7.42. The second kappa shape index (κ2) is 9.54. The minimum atomic E-state index is -3.47. The molecule has 1 aliphatic heterocycles. The summed E-state index contributed by atoms with van der Waals surface area (Å²) in [5, 5.41) is 2.77. The maximum atomic E-state index is 12.9. The lowest BCUT2D eigenvalue weighted by Crippen LogP contribution is -2.35. The van der Waals surface area contributed by atoms with E-state index in [1.807, 2.05) is 0 Å². The summed E-state index contributed by atoms with van der Waals surface area (Å²) in [6.45, 7) is 1.12. The molecule has 0 spiro atoms. The first-order chi connectivity index (χ1) is 13.4. The Labute approximate surface area is 169 Å². The van der Waals surface area contributed by atoms with Gasteiger partial charge in [0.2, 0.25) is 15.9 Å². The third-order valence-electron chi connectivity index (χ3n) is 4.51. The molecule has 1 saturated heterocycles. The highest BCUT2D eigenvalue weighted by Crippen LogP contribution is 2.22. The van der Waals surface area contributed by atoms with Gasteiger partial charge in [-0.05, 0) is 54.8 Å². The lowest BCUT2D eigenvalue weighted by atomic mass is 10.2. The fourth-order valence-corrected chi connectivity index (χ4v) is 5.31. The standard InChI is InChI=1S/C20H23FN2O3S2/c21-17-6-4-16(5-7-17)14-27-15-20(24)22-18-8-10-19(11-9-18)28(25,26)23-12-2-1-3-13-23/h4-11H,1-3,12-15H2,(H,22,24). The number of amides is 1. The van der Waals surface area contributed by atoms with Crippen molar-refractivity contribution in [2.75, 3.05) is 24.2 Å². The molecule has 1 fully saturated rings. The number of benzene rings is 2. The van der Waals surface area contributed by atoms with Crippen LogP contribution in [0.15, 0.2) is 53.4 Å². The highest BCUT2D eigenvalue weighted by molar-refractivity contribution is 7.99. The van der Waals surface area contributed by atoms with Crippen molar-refractivity contribution in [2.24, 2.45) is 0 Å². The molecule has 2 aromatic rings. The molecule has 1 aliphatic rings. The predicted octanol–water partition coefficient (Wildman–Crippen LogP) is 3.87. The number of piperidine rings is 1. The first kappa shape index (κ1) is 20.8. The van der Waals surface area contributed by atoms with Crippen LogP contribution in [0.2, 0.25) is 0 Å². The number of carbonyl (C=O) groups is 1. The van der Waals surface area contributed by atoms with Gasteiger partial charge >= 0.3 is 0 Å². The molecule has 0 bridgehead atoms. The molecule has 0 unspecified atom stereocenters. The Bertz CT molecular complexity index is 894. The summed E-state index contributed by atoms with van der Waals surface area (Å²) >= 11 is 1.43. The van der Waals surface area contributed by atoms with E-state index in [0.29, 0.717) is 24.5 Å². The molecule has 1 amide bonds. The summed E-state index contributed by atoms with van der Waals surface area (Å²) in [6, 6.07) is 12.5. The Kier molecular flexibility index (Phi) is 7.09. The molecule has 3 rings (SSSR count). The fourth-order valence-electron chi connectivity index (χ4n) is 3.00. The molecule has 0 aliphatic carbocycles. The van der Waals surface area contributed by atoms with E-state index in [2.05, 4.69) is 5.32 Å². The maximum absolute atomic E-state index is 12.9. The molecule has 1 heterocycles. The minimum Gasteiger partial charge on any atom is -0.325 e. The minimum absolute atomic E-state index is 0.168. The monoisotopic (exact) mass is 422 g/mol. The summed E-state index contributed by atoms with van der Waals surface area (Å²) in [7, 11) is -3.47. The van der Waals surface area contributed by atoms with Crippen LogP contribution in [-0.4, -0.2) is 37.5 Å². The second-order valence-corrected chi connectivity index (χ2v) is 9.58. The van der Waals surface area contributed by atoms with Crippen LogP contribution in [0.1, 0.15) is 24.8 Å². The predicted molar refractivity (Wildman–Crippen MR) is 110 cm³/mol. The zero-order valence-corrected chi connectivity index (χ0v) is 17.1. The van der Waals surface area contributed by atoms with Gasteiger partial charge in [0.1, 0.15) is 5.82 Å². The molecule has 0 aromatic heterocycles. The first-order valence-corrected chi connectivity index (χ1v) is 11.8.